The Balaban J connectivity index is 1.35. The molecule has 2 N–H and O–H groups in total. The van der Waals surface area contributed by atoms with E-state index in [9.17, 15) is 9.59 Å². The second-order valence-corrected chi connectivity index (χ2v) is 8.53. The highest BCUT2D eigenvalue weighted by atomic mass is 32.1. The number of aromatic nitrogens is 2. The molecule has 0 radical (unpaired) electrons. The number of amides is 1. The van der Waals surface area contributed by atoms with Crippen LogP contribution >= 0.6 is 12.2 Å². The number of methoxy groups -OCH3 is 1. The van der Waals surface area contributed by atoms with Crippen molar-refractivity contribution < 1.29 is 9.53 Å². The number of carbonyl (C=O) groups excluding carboxylic acids is 1. The van der Waals surface area contributed by atoms with E-state index in [-0.39, 0.29) is 17.4 Å². The van der Waals surface area contributed by atoms with E-state index in [2.05, 4.69) is 10.3 Å². The van der Waals surface area contributed by atoms with E-state index in [1.165, 1.54) is 0 Å². The second kappa shape index (κ2) is 9.47. The lowest BCUT2D eigenvalue weighted by atomic mass is 9.81. The number of fused-ring (bicyclic) bond motifs is 1. The molecule has 1 fully saturated rings. The molecule has 2 aromatic carbocycles. The minimum atomic E-state index is -0.0453. The number of aromatic amines is 1. The van der Waals surface area contributed by atoms with Gasteiger partial charge in [-0.05, 0) is 62.0 Å². The van der Waals surface area contributed by atoms with Gasteiger partial charge >= 0.3 is 0 Å². The molecule has 1 aliphatic rings. The van der Waals surface area contributed by atoms with Crippen molar-refractivity contribution in [2.45, 2.75) is 38.8 Å². The van der Waals surface area contributed by atoms with Gasteiger partial charge in [-0.3, -0.25) is 14.2 Å². The molecule has 3 aromatic rings. The summed E-state index contributed by atoms with van der Waals surface area (Å²) in [4.78, 5) is 28.7. The number of nitrogens with zero attached hydrogens (tertiary/aromatic N) is 1. The molecule has 1 aromatic heterocycles. The van der Waals surface area contributed by atoms with E-state index in [0.29, 0.717) is 29.2 Å². The Hall–Kier alpha value is -2.93. The molecule has 6 nitrogen and oxygen atoms in total. The van der Waals surface area contributed by atoms with Crippen LogP contribution in [0.15, 0.2) is 53.3 Å². The first-order valence-corrected chi connectivity index (χ1v) is 11.1. The normalized spacial score (nSPS) is 18.6. The molecule has 0 atom stereocenters. The number of hydrogen-bond donors (Lipinski definition) is 2. The maximum atomic E-state index is 12.9. The van der Waals surface area contributed by atoms with Crippen LogP contribution in [0.3, 0.4) is 0 Å². The van der Waals surface area contributed by atoms with Crippen molar-refractivity contribution in [1.29, 1.82) is 0 Å². The van der Waals surface area contributed by atoms with Gasteiger partial charge in [-0.1, -0.05) is 30.3 Å². The van der Waals surface area contributed by atoms with E-state index in [4.69, 9.17) is 17.0 Å². The van der Waals surface area contributed by atoms with Gasteiger partial charge in [0.1, 0.15) is 5.75 Å². The number of H-pyrrole nitrogens is 1. The molecule has 7 heteroatoms. The van der Waals surface area contributed by atoms with Crippen molar-refractivity contribution in [3.63, 3.8) is 0 Å². The fraction of sp³-hybridized carbons (Fsp3) is 0.375. The molecule has 0 spiro atoms. The van der Waals surface area contributed by atoms with Crippen LogP contribution in [0.4, 0.5) is 0 Å². The summed E-state index contributed by atoms with van der Waals surface area (Å²) in [6.45, 7) is 1.05. The zero-order valence-corrected chi connectivity index (χ0v) is 18.4. The number of ether oxygens (including phenoxy) is 1. The molecule has 1 aliphatic carbocycles. The van der Waals surface area contributed by atoms with E-state index in [1.54, 1.807) is 11.7 Å². The van der Waals surface area contributed by atoms with Crippen molar-refractivity contribution in [2.75, 3.05) is 7.11 Å². The number of carbonyl (C=O) groups is 1. The quantitative estimate of drug-likeness (QED) is 0.567. The summed E-state index contributed by atoms with van der Waals surface area (Å²) in [6.07, 6.45) is 3.45. The molecule has 1 heterocycles. The molecule has 31 heavy (non-hydrogen) atoms. The summed E-state index contributed by atoms with van der Waals surface area (Å²) in [6, 6.07) is 15.1. The first kappa shape index (κ1) is 21.3. The van der Waals surface area contributed by atoms with Gasteiger partial charge in [0.25, 0.3) is 5.56 Å². The number of nitrogens with one attached hydrogen (secondary N) is 2. The Bertz CT molecular complexity index is 1190. The van der Waals surface area contributed by atoms with Crippen LogP contribution < -0.4 is 15.6 Å². The summed E-state index contributed by atoms with van der Waals surface area (Å²) in [5.41, 5.74) is 1.69. The maximum absolute atomic E-state index is 12.9. The van der Waals surface area contributed by atoms with Crippen LogP contribution in [0.25, 0.3) is 10.9 Å². The van der Waals surface area contributed by atoms with Gasteiger partial charge < -0.3 is 15.0 Å². The van der Waals surface area contributed by atoms with E-state index in [0.717, 1.165) is 42.5 Å². The van der Waals surface area contributed by atoms with Gasteiger partial charge in [-0.2, -0.15) is 0 Å². The summed E-state index contributed by atoms with van der Waals surface area (Å²) in [7, 11) is 1.63. The molecule has 162 valence electrons. The Kier molecular flexibility index (Phi) is 6.51. The van der Waals surface area contributed by atoms with Crippen LogP contribution in [0.5, 0.6) is 5.75 Å². The fourth-order valence-corrected chi connectivity index (χ4v) is 4.67. The Morgan fingerprint density at radius 1 is 1.13 bits per heavy atom. The molecule has 4 rings (SSSR count). The zero-order valence-electron chi connectivity index (χ0n) is 17.6. The number of para-hydroxylation sites is 2. The molecule has 1 saturated carbocycles. The SMILES string of the molecule is COc1ccccc1CNC(=O)C1CCC(Cn2c(=S)[nH]c3ccccc3c2=O)CC1. The minimum Gasteiger partial charge on any atom is -0.496 e. The second-order valence-electron chi connectivity index (χ2n) is 8.14. The topological polar surface area (TPSA) is 76.1 Å². The average molecular weight is 438 g/mol. The van der Waals surface area contributed by atoms with Crippen molar-refractivity contribution >= 4 is 29.0 Å². The molecule has 0 bridgehead atoms. The van der Waals surface area contributed by atoms with Crippen molar-refractivity contribution in [3.8, 4) is 5.75 Å². The molecule has 0 unspecified atom stereocenters. The third-order valence-corrected chi connectivity index (χ3v) is 6.52. The first-order valence-electron chi connectivity index (χ1n) is 10.7. The summed E-state index contributed by atoms with van der Waals surface area (Å²) >= 11 is 5.43. The monoisotopic (exact) mass is 437 g/mol. The lowest BCUT2D eigenvalue weighted by Crippen LogP contribution is -2.34. The predicted molar refractivity (Wildman–Crippen MR) is 124 cm³/mol. The molecular weight excluding hydrogens is 410 g/mol. The predicted octanol–water partition coefficient (Wildman–Crippen LogP) is 4.19. The first-order chi connectivity index (χ1) is 15.1. The van der Waals surface area contributed by atoms with Gasteiger partial charge in [-0.25, -0.2) is 0 Å². The van der Waals surface area contributed by atoms with Gasteiger partial charge in [0.15, 0.2) is 4.77 Å². The smallest absolute Gasteiger partial charge is 0.262 e. The number of benzene rings is 2. The highest BCUT2D eigenvalue weighted by molar-refractivity contribution is 7.71. The largest absolute Gasteiger partial charge is 0.496 e. The third-order valence-electron chi connectivity index (χ3n) is 6.19. The Morgan fingerprint density at radius 3 is 2.61 bits per heavy atom. The summed E-state index contributed by atoms with van der Waals surface area (Å²) in [5, 5.41) is 3.70. The lowest BCUT2D eigenvalue weighted by molar-refractivity contribution is -0.126. The van der Waals surface area contributed by atoms with Gasteiger partial charge in [0.05, 0.1) is 18.0 Å². The van der Waals surface area contributed by atoms with Crippen LogP contribution in [0.1, 0.15) is 31.2 Å². The molecule has 0 saturated heterocycles. The average Bonchev–Trinajstić information content (AvgIpc) is 2.80. The minimum absolute atomic E-state index is 0.00816. The maximum Gasteiger partial charge on any atom is 0.262 e. The Labute approximate surface area is 186 Å². The fourth-order valence-electron chi connectivity index (χ4n) is 4.41. The molecular formula is C24H27N3O3S. The van der Waals surface area contributed by atoms with Crippen molar-refractivity contribution in [2.24, 2.45) is 11.8 Å². The summed E-state index contributed by atoms with van der Waals surface area (Å²) in [5.74, 6) is 1.22. The standard InChI is InChI=1S/C24H27N3O3S/c1-30-21-9-5-2-6-18(21)14-25-22(28)17-12-10-16(11-13-17)15-27-23(29)19-7-3-4-8-20(19)26-24(27)31/h2-9,16-17H,10-15H2,1H3,(H,25,28)(H,26,31). The van der Waals surface area contributed by atoms with E-state index in [1.807, 2.05) is 48.5 Å². The van der Waals surface area contributed by atoms with E-state index >= 15 is 0 Å². The third kappa shape index (κ3) is 4.71. The Morgan fingerprint density at radius 2 is 1.84 bits per heavy atom. The number of hydrogen-bond acceptors (Lipinski definition) is 4. The zero-order chi connectivity index (χ0) is 21.8. The van der Waals surface area contributed by atoms with Crippen LogP contribution in [0.2, 0.25) is 0 Å². The molecule has 1 amide bonds. The van der Waals surface area contributed by atoms with Crippen molar-refractivity contribution in [1.82, 2.24) is 14.9 Å². The highest BCUT2D eigenvalue weighted by Gasteiger charge is 2.27. The van der Waals surface area contributed by atoms with Crippen LogP contribution in [-0.4, -0.2) is 22.6 Å². The van der Waals surface area contributed by atoms with E-state index < -0.39 is 0 Å². The van der Waals surface area contributed by atoms with Crippen LogP contribution in [0, 0.1) is 16.6 Å². The van der Waals surface area contributed by atoms with Gasteiger partial charge in [-0.15, -0.1) is 0 Å². The summed E-state index contributed by atoms with van der Waals surface area (Å²) < 4.78 is 7.48. The highest BCUT2D eigenvalue weighted by Crippen LogP contribution is 2.30. The van der Waals surface area contributed by atoms with Crippen LogP contribution in [-0.2, 0) is 17.9 Å². The lowest BCUT2D eigenvalue weighted by Gasteiger charge is -2.28. The van der Waals surface area contributed by atoms with Gasteiger partial charge in [0, 0.05) is 24.6 Å². The van der Waals surface area contributed by atoms with Crippen molar-refractivity contribution in [3.05, 3.63) is 69.2 Å². The number of rotatable bonds is 6. The molecule has 0 aliphatic heterocycles. The van der Waals surface area contributed by atoms with Gasteiger partial charge in [0.2, 0.25) is 5.91 Å².